The molecule has 10 nitrogen and oxygen atoms in total. The first-order valence-electron chi connectivity index (χ1n) is 37.6. The molecular weight excluding hydrogens is 1330 g/mol. The zero-order valence-electron chi connectivity index (χ0n) is 65.4. The van der Waals surface area contributed by atoms with Gasteiger partial charge in [0.15, 0.2) is 36.8 Å². The molecule has 0 unspecified atom stereocenters. The summed E-state index contributed by atoms with van der Waals surface area (Å²) in [5.41, 5.74) is 29.6. The summed E-state index contributed by atoms with van der Waals surface area (Å²) in [4.78, 5) is 14.1. The van der Waals surface area contributed by atoms with E-state index in [0.29, 0.717) is 0 Å². The van der Waals surface area contributed by atoms with Crippen LogP contribution in [0.4, 0.5) is 0 Å². The molecule has 109 heavy (non-hydrogen) atoms. The lowest BCUT2D eigenvalue weighted by molar-refractivity contribution is -0.660. The average molecular weight is 1430 g/mol. The van der Waals surface area contributed by atoms with Gasteiger partial charge < -0.3 is 8.83 Å². The third-order valence-electron chi connectivity index (χ3n) is 20.3. The number of fused-ring (bicyclic) bond motifs is 6. The van der Waals surface area contributed by atoms with Gasteiger partial charge in [0.05, 0.1) is 11.1 Å². The van der Waals surface area contributed by atoms with Gasteiger partial charge in [-0.2, -0.15) is 0 Å². The van der Waals surface area contributed by atoms with Crippen molar-refractivity contribution in [2.75, 3.05) is 0 Å². The van der Waals surface area contributed by atoms with Crippen LogP contribution in [0.3, 0.4) is 0 Å². The standard InChI is InChI=1S/C22H27N4.C20H18NO.C19H16NO.2C19H18N/c1-14(2)20-23-21(15(3)4)25-22(24-20)17-11-12-26(6)19(13-17)18-10-8-7-9-16(18)5;1-13-10-11-21(3)17(12-13)19-14(2)8-9-16-15-6-4-5-7-18(15)22-20(16)19;1-13-10-11-15-14-7-3-4-9-17(14)21-19(15)18(13)16-8-5-6-12-20(16)2;1-15-14-17(16-8-4-3-5-9-16)11-12-18(15)19-10-6-7-13-20(19)2;1-15-11-12-17(16-8-4-3-5-9-16)14-18(15)19-10-6-7-13-20(19)2/h7-15H,1-6H3;4-12H,1-3H3;3-12H,1-2H3;2*3-14H,1-2H3/q5*+1. The van der Waals surface area contributed by atoms with E-state index in [1.165, 1.54) is 128 Å². The predicted octanol–water partition coefficient (Wildman–Crippen LogP) is 22.0. The van der Waals surface area contributed by atoms with E-state index >= 15 is 0 Å². The molecule has 0 amide bonds. The molecule has 0 fully saturated rings. The second kappa shape index (κ2) is 33.4. The van der Waals surface area contributed by atoms with Crippen molar-refractivity contribution in [3.05, 3.63) is 349 Å². The number of aryl methyl sites for hydroxylation is 11. The highest BCUT2D eigenvalue weighted by atomic mass is 16.3. The molecule has 17 aromatic rings. The van der Waals surface area contributed by atoms with Gasteiger partial charge in [-0.1, -0.05) is 191 Å². The summed E-state index contributed by atoms with van der Waals surface area (Å²) in [7, 11) is 10.4. The van der Waals surface area contributed by atoms with E-state index in [2.05, 4.69) is 406 Å². The fraction of sp³-hybridized carbons (Fsp3) is 0.172. The van der Waals surface area contributed by atoms with E-state index in [4.69, 9.17) is 18.8 Å². The van der Waals surface area contributed by atoms with Gasteiger partial charge in [-0.25, -0.2) is 37.8 Å². The highest BCUT2D eigenvalue weighted by Crippen LogP contribution is 2.39. The zero-order valence-corrected chi connectivity index (χ0v) is 65.4. The van der Waals surface area contributed by atoms with Gasteiger partial charge in [0, 0.05) is 116 Å². The Morgan fingerprint density at radius 1 is 0.266 bits per heavy atom. The number of benzene rings is 9. The Bertz CT molecular complexity index is 6070. The summed E-state index contributed by atoms with van der Waals surface area (Å²) in [6.07, 6.45) is 10.4. The van der Waals surface area contributed by atoms with Crippen LogP contribution in [-0.2, 0) is 35.2 Å². The summed E-state index contributed by atoms with van der Waals surface area (Å²) >= 11 is 0. The summed E-state index contributed by atoms with van der Waals surface area (Å²) in [6.45, 7) is 21.3. The lowest BCUT2D eigenvalue weighted by Gasteiger charge is -2.12. The monoisotopic (exact) mass is 1430 g/mol. The molecule has 9 aromatic carbocycles. The largest absolute Gasteiger partial charge is 0.455 e. The Kier molecular flexibility index (Phi) is 22.9. The molecule has 0 bridgehead atoms. The number of nitrogens with zero attached hydrogens (tertiary/aromatic N) is 8. The lowest BCUT2D eigenvalue weighted by atomic mass is 9.97. The van der Waals surface area contributed by atoms with Crippen molar-refractivity contribution < 1.29 is 31.7 Å². The zero-order chi connectivity index (χ0) is 76.4. The van der Waals surface area contributed by atoms with Crippen molar-refractivity contribution in [1.82, 2.24) is 15.0 Å². The van der Waals surface area contributed by atoms with Crippen LogP contribution in [0.2, 0.25) is 0 Å². The van der Waals surface area contributed by atoms with Crippen molar-refractivity contribution in [3.8, 4) is 89.9 Å². The molecule has 17 rings (SSSR count). The molecule has 0 aliphatic carbocycles. The Morgan fingerprint density at radius 2 is 0.688 bits per heavy atom. The molecule has 0 aliphatic rings. The minimum absolute atomic E-state index is 0.268. The molecule has 0 N–H and O–H groups in total. The fourth-order valence-electron chi connectivity index (χ4n) is 14.1. The molecule has 8 aromatic heterocycles. The van der Waals surface area contributed by atoms with Gasteiger partial charge in [-0.3, -0.25) is 0 Å². The number of aromatic nitrogens is 8. The first-order valence-corrected chi connectivity index (χ1v) is 37.6. The normalized spacial score (nSPS) is 11.1. The molecule has 8 heterocycles. The number of hydrogen-bond donors (Lipinski definition) is 0. The van der Waals surface area contributed by atoms with E-state index in [9.17, 15) is 0 Å². The summed E-state index contributed by atoms with van der Waals surface area (Å²) in [6, 6.07) is 95.3. The van der Waals surface area contributed by atoms with Crippen LogP contribution in [0.25, 0.3) is 134 Å². The van der Waals surface area contributed by atoms with Crippen molar-refractivity contribution >= 4 is 43.9 Å². The van der Waals surface area contributed by atoms with Gasteiger partial charge in [0.2, 0.25) is 28.5 Å². The molecule has 0 saturated heterocycles. The predicted molar refractivity (Wildman–Crippen MR) is 446 cm³/mol. The highest BCUT2D eigenvalue weighted by molar-refractivity contribution is 6.11. The van der Waals surface area contributed by atoms with Crippen LogP contribution in [-0.4, -0.2) is 15.0 Å². The number of pyridine rings is 5. The maximum Gasteiger partial charge on any atom is 0.216 e. The topological polar surface area (TPSA) is 84.4 Å². The van der Waals surface area contributed by atoms with E-state index in [1.807, 2.05) is 30.3 Å². The minimum Gasteiger partial charge on any atom is -0.455 e. The van der Waals surface area contributed by atoms with E-state index in [1.54, 1.807) is 0 Å². The molecular formula is C99H97N8O2+5. The highest BCUT2D eigenvalue weighted by Gasteiger charge is 2.24. The summed E-state index contributed by atoms with van der Waals surface area (Å²) < 4.78 is 23.1. The Balaban J connectivity index is 0.000000120. The fourth-order valence-corrected chi connectivity index (χ4v) is 14.1. The molecule has 10 heteroatoms. The molecule has 0 atom stereocenters. The maximum absolute atomic E-state index is 6.20. The van der Waals surface area contributed by atoms with Crippen molar-refractivity contribution in [2.24, 2.45) is 35.2 Å². The van der Waals surface area contributed by atoms with Crippen LogP contribution >= 0.6 is 0 Å². The average Bonchev–Trinajstić information content (AvgIpc) is 1.61. The third-order valence-corrected chi connectivity index (χ3v) is 20.3. The van der Waals surface area contributed by atoms with Crippen LogP contribution in [0.5, 0.6) is 0 Å². The molecule has 0 spiro atoms. The number of rotatable bonds is 10. The SMILES string of the molecule is Cc1cc(-c2ccccc2)ccc1-c1cccc[n+]1C.Cc1cc[n+](C)c(-c2c(C)ccc3c2oc2ccccc23)c1.Cc1ccc(-c2ccccc2)cc1-c1cccc[n+]1C.Cc1ccc2c(oc3ccccc32)c1-c1cccc[n+]1C.Cc1ccccc1-c1cc(-c2nc(C(C)C)nc(C(C)C)n2)cc[n+]1C. The second-order valence-corrected chi connectivity index (χ2v) is 29.0. The summed E-state index contributed by atoms with van der Waals surface area (Å²) in [5, 5.41) is 4.70. The van der Waals surface area contributed by atoms with Gasteiger partial charge >= 0.3 is 0 Å². The Labute approximate surface area is 641 Å². The van der Waals surface area contributed by atoms with Gasteiger partial charge in [-0.05, 0) is 146 Å². The van der Waals surface area contributed by atoms with Gasteiger partial charge in [0.25, 0.3) is 0 Å². The van der Waals surface area contributed by atoms with Crippen molar-refractivity contribution in [1.29, 1.82) is 0 Å². The first kappa shape index (κ1) is 74.6. The van der Waals surface area contributed by atoms with E-state index in [-0.39, 0.29) is 11.8 Å². The molecule has 0 saturated carbocycles. The maximum atomic E-state index is 6.20. The molecule has 0 radical (unpaired) electrons. The second-order valence-electron chi connectivity index (χ2n) is 29.0. The smallest absolute Gasteiger partial charge is 0.216 e. The van der Waals surface area contributed by atoms with Crippen LogP contribution in [0.1, 0.15) is 84.6 Å². The number of para-hydroxylation sites is 2. The third kappa shape index (κ3) is 16.7. The quantitative estimate of drug-likeness (QED) is 0.127. The van der Waals surface area contributed by atoms with Crippen LogP contribution < -0.4 is 22.8 Å². The van der Waals surface area contributed by atoms with Crippen molar-refractivity contribution in [2.45, 2.75) is 81.1 Å². The molecule has 540 valence electrons. The Hall–Kier alpha value is -12.7. The molecule has 0 aliphatic heterocycles. The van der Waals surface area contributed by atoms with Crippen molar-refractivity contribution in [3.63, 3.8) is 0 Å². The van der Waals surface area contributed by atoms with E-state index < -0.39 is 0 Å². The number of furan rings is 2. The van der Waals surface area contributed by atoms with Gasteiger partial charge in [-0.15, -0.1) is 0 Å². The van der Waals surface area contributed by atoms with Crippen LogP contribution in [0, 0.1) is 41.5 Å². The number of hydrogen-bond acceptors (Lipinski definition) is 5. The first-order chi connectivity index (χ1) is 52.8. The van der Waals surface area contributed by atoms with E-state index in [0.717, 1.165) is 51.1 Å². The minimum atomic E-state index is 0.268. The Morgan fingerprint density at radius 3 is 1.22 bits per heavy atom. The van der Waals surface area contributed by atoms with Gasteiger partial charge in [0.1, 0.15) is 69.2 Å². The summed E-state index contributed by atoms with van der Waals surface area (Å²) in [5.74, 6) is 2.99. The van der Waals surface area contributed by atoms with Crippen LogP contribution in [0.15, 0.2) is 313 Å². The lowest BCUT2D eigenvalue weighted by Crippen LogP contribution is -2.30.